The van der Waals surface area contributed by atoms with Gasteiger partial charge in [-0.1, -0.05) is 57.3 Å². The molecule has 0 fully saturated rings. The van der Waals surface area contributed by atoms with Crippen LogP contribution in [0.4, 0.5) is 0 Å². The Morgan fingerprint density at radius 1 is 1.15 bits per heavy atom. The Kier molecular flexibility index (Phi) is 7.69. The first-order chi connectivity index (χ1) is 12.9. The van der Waals surface area contributed by atoms with E-state index >= 15 is 0 Å². The highest BCUT2D eigenvalue weighted by atomic mass is 35.5. The number of halogens is 1. The quantitative estimate of drug-likeness (QED) is 0.525. The lowest BCUT2D eigenvalue weighted by Gasteiger charge is -2.26. The van der Waals surface area contributed by atoms with Crippen LogP contribution in [-0.4, -0.2) is 12.5 Å². The number of primary amides is 1. The second-order valence-corrected chi connectivity index (χ2v) is 7.61. The van der Waals surface area contributed by atoms with Crippen LogP contribution in [0.25, 0.3) is 0 Å². The van der Waals surface area contributed by atoms with Gasteiger partial charge in [-0.25, -0.2) is 0 Å². The molecule has 0 saturated heterocycles. The zero-order chi connectivity index (χ0) is 19.9. The summed E-state index contributed by atoms with van der Waals surface area (Å²) in [6.07, 6.45) is 3.60. The standard InChI is InChI=1S/C22H29ClN2O2/c1-4-22(3,5-2)12-13-25-15-16-6-9-18(10-7-16)27-20-11-8-17(21(24)26)14-19(20)23/h6-11,14,25H,4-5,12-13,15H2,1-3H3,(H2,24,26). The average Bonchev–Trinajstić information content (AvgIpc) is 2.67. The summed E-state index contributed by atoms with van der Waals surface area (Å²) in [5.41, 5.74) is 7.23. The van der Waals surface area contributed by atoms with Crippen molar-refractivity contribution in [2.75, 3.05) is 6.54 Å². The lowest BCUT2D eigenvalue weighted by Crippen LogP contribution is -2.23. The van der Waals surface area contributed by atoms with Gasteiger partial charge in [0.05, 0.1) is 5.02 Å². The molecule has 2 aromatic carbocycles. The van der Waals surface area contributed by atoms with E-state index in [1.165, 1.54) is 30.9 Å². The van der Waals surface area contributed by atoms with Gasteiger partial charge in [0.15, 0.2) is 0 Å². The van der Waals surface area contributed by atoms with E-state index in [9.17, 15) is 4.79 Å². The zero-order valence-electron chi connectivity index (χ0n) is 16.3. The number of hydrogen-bond acceptors (Lipinski definition) is 3. The van der Waals surface area contributed by atoms with Crippen LogP contribution in [0, 0.1) is 5.41 Å². The molecule has 0 radical (unpaired) electrons. The molecule has 3 N–H and O–H groups in total. The fourth-order valence-corrected chi connectivity index (χ4v) is 2.98. The normalized spacial score (nSPS) is 11.4. The summed E-state index contributed by atoms with van der Waals surface area (Å²) >= 11 is 6.16. The van der Waals surface area contributed by atoms with Crippen molar-refractivity contribution in [3.8, 4) is 11.5 Å². The zero-order valence-corrected chi connectivity index (χ0v) is 17.1. The number of amides is 1. The number of benzene rings is 2. The highest BCUT2D eigenvalue weighted by Gasteiger charge is 2.18. The third-order valence-electron chi connectivity index (χ3n) is 5.31. The van der Waals surface area contributed by atoms with E-state index in [0.29, 0.717) is 27.5 Å². The summed E-state index contributed by atoms with van der Waals surface area (Å²) in [6, 6.07) is 12.7. The molecule has 5 heteroatoms. The monoisotopic (exact) mass is 388 g/mol. The van der Waals surface area contributed by atoms with Crippen molar-refractivity contribution < 1.29 is 9.53 Å². The van der Waals surface area contributed by atoms with E-state index < -0.39 is 5.91 Å². The SMILES string of the molecule is CCC(C)(CC)CCNCc1ccc(Oc2ccc(C(N)=O)cc2Cl)cc1. The van der Waals surface area contributed by atoms with Crippen molar-refractivity contribution in [2.45, 2.75) is 46.6 Å². The van der Waals surface area contributed by atoms with Crippen LogP contribution in [-0.2, 0) is 6.54 Å². The summed E-state index contributed by atoms with van der Waals surface area (Å²) in [7, 11) is 0. The maximum Gasteiger partial charge on any atom is 0.248 e. The Bertz CT molecular complexity index is 755. The van der Waals surface area contributed by atoms with E-state index in [1.54, 1.807) is 12.1 Å². The largest absolute Gasteiger partial charge is 0.456 e. The molecular weight excluding hydrogens is 360 g/mol. The predicted molar refractivity (Wildman–Crippen MR) is 111 cm³/mol. The van der Waals surface area contributed by atoms with Crippen LogP contribution >= 0.6 is 11.6 Å². The fourth-order valence-electron chi connectivity index (χ4n) is 2.77. The molecular formula is C22H29ClN2O2. The Labute approximate surface area is 167 Å². The molecule has 0 aromatic heterocycles. The summed E-state index contributed by atoms with van der Waals surface area (Å²) in [6.45, 7) is 8.71. The summed E-state index contributed by atoms with van der Waals surface area (Å²) in [4.78, 5) is 11.2. The van der Waals surface area contributed by atoms with E-state index in [1.807, 2.05) is 24.3 Å². The van der Waals surface area contributed by atoms with Crippen LogP contribution in [0.1, 0.15) is 56.0 Å². The van der Waals surface area contributed by atoms with Crippen LogP contribution in [0.5, 0.6) is 11.5 Å². The molecule has 0 aliphatic heterocycles. The van der Waals surface area contributed by atoms with Crippen LogP contribution in [0.2, 0.25) is 5.02 Å². The molecule has 2 aromatic rings. The molecule has 27 heavy (non-hydrogen) atoms. The number of carbonyl (C=O) groups is 1. The van der Waals surface area contributed by atoms with Crippen molar-refractivity contribution in [3.05, 3.63) is 58.6 Å². The van der Waals surface area contributed by atoms with Crippen LogP contribution in [0.3, 0.4) is 0 Å². The number of rotatable bonds is 10. The van der Waals surface area contributed by atoms with Gasteiger partial charge in [0.25, 0.3) is 0 Å². The minimum Gasteiger partial charge on any atom is -0.456 e. The summed E-state index contributed by atoms with van der Waals surface area (Å²) in [5.74, 6) is 0.668. The Hall–Kier alpha value is -2.04. The van der Waals surface area contributed by atoms with Crippen molar-refractivity contribution in [3.63, 3.8) is 0 Å². The number of nitrogens with one attached hydrogen (secondary N) is 1. The molecule has 0 spiro atoms. The van der Waals surface area contributed by atoms with Gasteiger partial charge in [-0.15, -0.1) is 0 Å². The molecule has 0 heterocycles. The van der Waals surface area contributed by atoms with E-state index in [0.717, 1.165) is 13.1 Å². The molecule has 0 saturated carbocycles. The summed E-state index contributed by atoms with van der Waals surface area (Å²) in [5, 5.41) is 3.87. The van der Waals surface area contributed by atoms with Gasteiger partial charge in [0.1, 0.15) is 11.5 Å². The van der Waals surface area contributed by atoms with Gasteiger partial charge in [-0.2, -0.15) is 0 Å². The first kappa shape index (κ1) is 21.3. The van der Waals surface area contributed by atoms with Crippen molar-refractivity contribution in [1.29, 1.82) is 0 Å². The molecule has 0 aliphatic carbocycles. The molecule has 146 valence electrons. The lowest BCUT2D eigenvalue weighted by molar-refractivity contribution is 0.100. The van der Waals surface area contributed by atoms with Crippen molar-refractivity contribution >= 4 is 17.5 Å². The van der Waals surface area contributed by atoms with Gasteiger partial charge >= 0.3 is 0 Å². The first-order valence-electron chi connectivity index (χ1n) is 9.43. The minimum absolute atomic E-state index is 0.354. The second-order valence-electron chi connectivity index (χ2n) is 7.20. The Morgan fingerprint density at radius 3 is 2.37 bits per heavy atom. The van der Waals surface area contributed by atoms with Crippen LogP contribution < -0.4 is 15.8 Å². The highest BCUT2D eigenvalue weighted by molar-refractivity contribution is 6.32. The molecule has 0 unspecified atom stereocenters. The van der Waals surface area contributed by atoms with Crippen molar-refractivity contribution in [2.24, 2.45) is 11.1 Å². The number of nitrogens with two attached hydrogens (primary N) is 1. The van der Waals surface area contributed by atoms with Gasteiger partial charge in [-0.05, 0) is 54.3 Å². The average molecular weight is 389 g/mol. The number of carbonyl (C=O) groups excluding carboxylic acids is 1. The van der Waals surface area contributed by atoms with Gasteiger partial charge in [0.2, 0.25) is 5.91 Å². The maximum absolute atomic E-state index is 11.2. The summed E-state index contributed by atoms with van der Waals surface area (Å²) < 4.78 is 5.79. The lowest BCUT2D eigenvalue weighted by atomic mass is 9.81. The van der Waals surface area contributed by atoms with Crippen molar-refractivity contribution in [1.82, 2.24) is 5.32 Å². The second kappa shape index (κ2) is 9.77. The molecule has 2 rings (SSSR count). The number of ether oxygens (including phenoxy) is 1. The van der Waals surface area contributed by atoms with Gasteiger partial charge < -0.3 is 15.8 Å². The van der Waals surface area contributed by atoms with Crippen LogP contribution in [0.15, 0.2) is 42.5 Å². The van der Waals surface area contributed by atoms with Gasteiger partial charge in [0, 0.05) is 12.1 Å². The molecule has 4 nitrogen and oxygen atoms in total. The van der Waals surface area contributed by atoms with E-state index in [2.05, 4.69) is 26.1 Å². The molecule has 1 amide bonds. The molecule has 0 bridgehead atoms. The number of hydrogen-bond donors (Lipinski definition) is 2. The predicted octanol–water partition coefficient (Wildman–Crippen LogP) is 5.54. The van der Waals surface area contributed by atoms with E-state index in [4.69, 9.17) is 22.1 Å². The smallest absolute Gasteiger partial charge is 0.248 e. The third-order valence-corrected chi connectivity index (χ3v) is 5.60. The Balaban J connectivity index is 1.87. The fraction of sp³-hybridized carbons (Fsp3) is 0.409. The molecule has 0 atom stereocenters. The van der Waals surface area contributed by atoms with E-state index in [-0.39, 0.29) is 0 Å². The maximum atomic E-state index is 11.2. The highest BCUT2D eigenvalue weighted by Crippen LogP contribution is 2.30. The third kappa shape index (κ3) is 6.26. The van der Waals surface area contributed by atoms with Gasteiger partial charge in [-0.3, -0.25) is 4.79 Å². The molecule has 0 aliphatic rings. The minimum atomic E-state index is -0.515. The first-order valence-corrected chi connectivity index (χ1v) is 9.81. The topological polar surface area (TPSA) is 64.3 Å². The Morgan fingerprint density at radius 2 is 1.81 bits per heavy atom.